The van der Waals surface area contributed by atoms with E-state index >= 15 is 0 Å². The molecule has 0 aromatic heterocycles. The van der Waals surface area contributed by atoms with Crippen molar-refractivity contribution in [2.45, 2.75) is 12.6 Å². The Hall–Kier alpha value is -2.43. The van der Waals surface area contributed by atoms with Crippen molar-refractivity contribution in [2.24, 2.45) is 17.8 Å². The number of ether oxygens (including phenoxy) is 1. The van der Waals surface area contributed by atoms with Crippen molar-refractivity contribution >= 4 is 17.8 Å². The Morgan fingerprint density at radius 2 is 1.67 bits per heavy atom. The second-order valence-corrected chi connectivity index (χ2v) is 5.64. The lowest BCUT2D eigenvalue weighted by molar-refractivity contribution is -0.154. The van der Waals surface area contributed by atoms with Crippen molar-refractivity contribution in [1.29, 1.82) is 0 Å². The van der Waals surface area contributed by atoms with E-state index in [1.165, 1.54) is 0 Å². The smallest absolute Gasteiger partial charge is 0.319 e. The highest BCUT2D eigenvalue weighted by Crippen LogP contribution is 2.45. The van der Waals surface area contributed by atoms with Crippen molar-refractivity contribution in [3.05, 3.63) is 48.0 Å². The van der Waals surface area contributed by atoms with E-state index in [0.717, 1.165) is 5.56 Å². The first-order chi connectivity index (χ1) is 10.2. The van der Waals surface area contributed by atoms with E-state index in [9.17, 15) is 14.4 Å². The summed E-state index contributed by atoms with van der Waals surface area (Å²) in [6.45, 7) is 0.440. The number of nitrogens with zero attached hydrogens (tertiary/aromatic N) is 1. The first-order valence-electron chi connectivity index (χ1n) is 6.95. The van der Waals surface area contributed by atoms with E-state index in [0.29, 0.717) is 6.54 Å². The molecule has 3 aliphatic heterocycles. The van der Waals surface area contributed by atoms with Gasteiger partial charge in [0.2, 0.25) is 5.91 Å². The van der Waals surface area contributed by atoms with Crippen LogP contribution in [0.5, 0.6) is 0 Å². The monoisotopic (exact) mass is 283 g/mol. The zero-order valence-corrected chi connectivity index (χ0v) is 11.1. The minimum Gasteiger partial charge on any atom is -0.393 e. The van der Waals surface area contributed by atoms with E-state index in [-0.39, 0.29) is 11.9 Å². The Morgan fingerprint density at radius 3 is 2.43 bits per heavy atom. The minimum atomic E-state index is -0.632. The van der Waals surface area contributed by atoms with Gasteiger partial charge in [-0.1, -0.05) is 42.5 Å². The average Bonchev–Trinajstić information content (AvgIpc) is 2.80. The number of piperidine rings is 1. The van der Waals surface area contributed by atoms with E-state index in [1.54, 1.807) is 11.0 Å². The fourth-order valence-electron chi connectivity index (χ4n) is 3.56. The van der Waals surface area contributed by atoms with Crippen LogP contribution < -0.4 is 0 Å². The van der Waals surface area contributed by atoms with Crippen molar-refractivity contribution < 1.29 is 19.1 Å². The van der Waals surface area contributed by atoms with Gasteiger partial charge in [-0.05, 0) is 5.56 Å². The normalized spacial score (nSPS) is 33.3. The maximum absolute atomic E-state index is 12.5. The first-order valence-corrected chi connectivity index (χ1v) is 6.95. The molecule has 4 atom stereocenters. The lowest BCUT2D eigenvalue weighted by Crippen LogP contribution is -2.58. The Morgan fingerprint density at radius 1 is 0.952 bits per heavy atom. The predicted molar refractivity (Wildman–Crippen MR) is 71.5 cm³/mol. The molecule has 0 unspecified atom stereocenters. The van der Waals surface area contributed by atoms with Crippen LogP contribution in [0.25, 0.3) is 0 Å². The molecule has 5 rings (SSSR count). The molecule has 1 aromatic rings. The van der Waals surface area contributed by atoms with Gasteiger partial charge in [0.05, 0.1) is 23.8 Å². The standard InChI is InChI=1S/C16H13NO4/c18-14-10-6-7-11(13-12(10)15(19)21-16(13)20)17(14)8-9-4-2-1-3-5-9/h1-7,10-13H,8H2/t10-,11+,12+,13-/m0/s1. The third kappa shape index (κ3) is 1.67. The quantitative estimate of drug-likeness (QED) is 0.459. The van der Waals surface area contributed by atoms with Crippen LogP contribution in [-0.4, -0.2) is 28.8 Å². The number of carbonyl (C=O) groups excluding carboxylic acids is 3. The van der Waals surface area contributed by atoms with Crippen LogP contribution >= 0.6 is 0 Å². The molecule has 0 spiro atoms. The highest BCUT2D eigenvalue weighted by molar-refractivity contribution is 6.03. The van der Waals surface area contributed by atoms with Gasteiger partial charge in [-0.3, -0.25) is 14.4 Å². The van der Waals surface area contributed by atoms with Crippen LogP contribution in [0.2, 0.25) is 0 Å². The van der Waals surface area contributed by atoms with Crippen LogP contribution in [0.15, 0.2) is 42.5 Å². The lowest BCUT2D eigenvalue weighted by atomic mass is 9.69. The van der Waals surface area contributed by atoms with Gasteiger partial charge >= 0.3 is 11.9 Å². The van der Waals surface area contributed by atoms with Gasteiger partial charge in [-0.25, -0.2) is 0 Å². The molecule has 2 bridgehead atoms. The fraction of sp³-hybridized carbons (Fsp3) is 0.312. The molecule has 0 radical (unpaired) electrons. The van der Waals surface area contributed by atoms with Crippen molar-refractivity contribution in [3.8, 4) is 0 Å². The zero-order valence-electron chi connectivity index (χ0n) is 11.1. The summed E-state index contributed by atoms with van der Waals surface area (Å²) in [6, 6.07) is 9.23. The third-order valence-electron chi connectivity index (χ3n) is 4.53. The van der Waals surface area contributed by atoms with Gasteiger partial charge in [-0.15, -0.1) is 0 Å². The number of fused-ring (bicyclic) bond motifs is 1. The zero-order chi connectivity index (χ0) is 14.6. The van der Waals surface area contributed by atoms with Crippen molar-refractivity contribution in [2.75, 3.05) is 0 Å². The molecule has 2 saturated heterocycles. The van der Waals surface area contributed by atoms with Crippen LogP contribution in [0.3, 0.4) is 0 Å². The SMILES string of the molecule is O=C1OC(=O)[C@H]2[C@@H]1[C@H]1C=C[C@@H]2C(=O)N1Cc1ccccc1. The second kappa shape index (κ2) is 4.28. The number of hydrogen-bond donors (Lipinski definition) is 0. The van der Waals surface area contributed by atoms with Gasteiger partial charge in [-0.2, -0.15) is 0 Å². The number of carbonyl (C=O) groups is 3. The van der Waals surface area contributed by atoms with Crippen LogP contribution in [0.1, 0.15) is 5.56 Å². The summed E-state index contributed by atoms with van der Waals surface area (Å²) in [5, 5.41) is 0. The summed E-state index contributed by atoms with van der Waals surface area (Å²) in [6.07, 6.45) is 3.60. The van der Waals surface area contributed by atoms with Gasteiger partial charge in [0.1, 0.15) is 0 Å². The molecule has 1 aromatic carbocycles. The number of hydrogen-bond acceptors (Lipinski definition) is 4. The van der Waals surface area contributed by atoms with Gasteiger partial charge < -0.3 is 9.64 Å². The molecule has 1 aliphatic carbocycles. The minimum absolute atomic E-state index is 0.0979. The van der Waals surface area contributed by atoms with Crippen LogP contribution in [0.4, 0.5) is 0 Å². The predicted octanol–water partition coefficient (Wildman–Crippen LogP) is 0.899. The Bertz CT molecular complexity index is 666. The maximum atomic E-state index is 12.5. The second-order valence-electron chi connectivity index (χ2n) is 5.64. The van der Waals surface area contributed by atoms with Crippen molar-refractivity contribution in [3.63, 3.8) is 0 Å². The Kier molecular flexibility index (Phi) is 2.51. The molecule has 5 heteroatoms. The summed E-state index contributed by atoms with van der Waals surface area (Å²) < 4.78 is 4.74. The van der Waals surface area contributed by atoms with E-state index in [2.05, 4.69) is 0 Å². The molecule has 1 amide bonds. The molecule has 3 heterocycles. The molecule has 2 fully saturated rings. The van der Waals surface area contributed by atoms with Crippen LogP contribution in [-0.2, 0) is 25.7 Å². The lowest BCUT2D eigenvalue weighted by Gasteiger charge is -2.45. The number of benzene rings is 1. The summed E-state index contributed by atoms with van der Waals surface area (Å²) in [4.78, 5) is 37.9. The average molecular weight is 283 g/mol. The topological polar surface area (TPSA) is 63.7 Å². The summed E-state index contributed by atoms with van der Waals surface area (Å²) in [5.74, 6) is -2.91. The highest BCUT2D eigenvalue weighted by Gasteiger charge is 2.60. The van der Waals surface area contributed by atoms with Crippen LogP contribution in [0, 0.1) is 17.8 Å². The Labute approximate surface area is 121 Å². The highest BCUT2D eigenvalue weighted by atomic mass is 16.6. The maximum Gasteiger partial charge on any atom is 0.319 e. The van der Waals surface area contributed by atoms with Gasteiger partial charge in [0, 0.05) is 6.54 Å². The number of cyclic esters (lactones) is 2. The largest absolute Gasteiger partial charge is 0.393 e. The van der Waals surface area contributed by atoms with E-state index in [4.69, 9.17) is 4.74 Å². The molecular formula is C16H13NO4. The van der Waals surface area contributed by atoms with Crippen molar-refractivity contribution in [1.82, 2.24) is 4.90 Å². The third-order valence-corrected chi connectivity index (χ3v) is 4.53. The molecular weight excluding hydrogens is 270 g/mol. The van der Waals surface area contributed by atoms with E-state index < -0.39 is 29.7 Å². The summed E-state index contributed by atoms with van der Waals surface area (Å²) in [5.41, 5.74) is 1.00. The van der Waals surface area contributed by atoms with Gasteiger partial charge in [0.25, 0.3) is 0 Å². The molecule has 0 N–H and O–H groups in total. The summed E-state index contributed by atoms with van der Waals surface area (Å²) >= 11 is 0. The fourth-order valence-corrected chi connectivity index (χ4v) is 3.56. The number of rotatable bonds is 2. The number of esters is 2. The number of amides is 1. The molecule has 4 aliphatic rings. The molecule has 0 saturated carbocycles. The Balaban J connectivity index is 1.69. The van der Waals surface area contributed by atoms with Gasteiger partial charge in [0.15, 0.2) is 0 Å². The molecule has 106 valence electrons. The molecule has 21 heavy (non-hydrogen) atoms. The molecule has 5 nitrogen and oxygen atoms in total. The summed E-state index contributed by atoms with van der Waals surface area (Å²) in [7, 11) is 0. The first kappa shape index (κ1) is 12.3. The van der Waals surface area contributed by atoms with E-state index in [1.807, 2.05) is 36.4 Å².